The second kappa shape index (κ2) is 6.07. The van der Waals surface area contributed by atoms with Crippen LogP contribution in [0.25, 0.3) is 0 Å². The van der Waals surface area contributed by atoms with Gasteiger partial charge in [-0.1, -0.05) is 0 Å². The van der Waals surface area contributed by atoms with E-state index in [-0.39, 0.29) is 6.41 Å². The molecule has 1 atom stereocenters. The molecule has 7 nitrogen and oxygen atoms in total. The number of ether oxygens (including phenoxy) is 1. The lowest BCUT2D eigenvalue weighted by atomic mass is 10.2. The highest BCUT2D eigenvalue weighted by atomic mass is 16.7. The van der Waals surface area contributed by atoms with Crippen molar-refractivity contribution in [3.63, 3.8) is 0 Å². The maximum Gasteiger partial charge on any atom is 0.431 e. The van der Waals surface area contributed by atoms with Gasteiger partial charge < -0.3 is 14.9 Å². The quantitative estimate of drug-likeness (QED) is 0.442. The summed E-state index contributed by atoms with van der Waals surface area (Å²) in [5.41, 5.74) is -0.674. The largest absolute Gasteiger partial charge is 0.458 e. The first-order chi connectivity index (χ1) is 7.71. The number of amides is 2. The number of nitrogens with zero attached hydrogens (tertiary/aromatic N) is 1. The average Bonchev–Trinajstić information content (AvgIpc) is 2.22. The van der Waals surface area contributed by atoms with E-state index < -0.39 is 23.7 Å². The zero-order valence-corrected chi connectivity index (χ0v) is 10.6. The van der Waals surface area contributed by atoms with Gasteiger partial charge >= 0.3 is 12.1 Å². The normalized spacial score (nSPS) is 12.3. The predicted molar refractivity (Wildman–Crippen MR) is 58.8 cm³/mol. The van der Waals surface area contributed by atoms with Crippen LogP contribution in [-0.4, -0.2) is 42.2 Å². The SMILES string of the molecule is CNC(=O)ON(C=O)[C@@H](C)C(=O)OC(C)(C)C. The third-order valence-corrected chi connectivity index (χ3v) is 1.63. The van der Waals surface area contributed by atoms with E-state index in [1.54, 1.807) is 20.8 Å². The van der Waals surface area contributed by atoms with E-state index in [9.17, 15) is 14.4 Å². The van der Waals surface area contributed by atoms with Gasteiger partial charge in [-0.15, -0.1) is 0 Å². The Morgan fingerprint density at radius 3 is 2.24 bits per heavy atom. The predicted octanol–water partition coefficient (Wildman–Crippen LogP) is 0.446. The molecule has 0 rings (SSSR count). The van der Waals surface area contributed by atoms with Gasteiger partial charge in [0.25, 0.3) is 0 Å². The molecule has 17 heavy (non-hydrogen) atoms. The van der Waals surface area contributed by atoms with Crippen LogP contribution in [0.2, 0.25) is 0 Å². The van der Waals surface area contributed by atoms with Crippen LogP contribution in [0.3, 0.4) is 0 Å². The topological polar surface area (TPSA) is 84.9 Å². The summed E-state index contributed by atoms with van der Waals surface area (Å²) in [4.78, 5) is 37.7. The van der Waals surface area contributed by atoms with Crippen molar-refractivity contribution in [2.24, 2.45) is 0 Å². The van der Waals surface area contributed by atoms with Gasteiger partial charge in [0.05, 0.1) is 0 Å². The summed E-state index contributed by atoms with van der Waals surface area (Å²) in [5, 5.41) is 2.75. The Morgan fingerprint density at radius 1 is 1.35 bits per heavy atom. The number of hydrogen-bond acceptors (Lipinski definition) is 5. The Bertz CT molecular complexity index is 298. The minimum absolute atomic E-state index is 0.240. The van der Waals surface area contributed by atoms with Crippen molar-refractivity contribution >= 4 is 18.5 Å². The number of nitrogens with one attached hydrogen (secondary N) is 1. The molecule has 0 radical (unpaired) electrons. The molecule has 1 N–H and O–H groups in total. The molecule has 98 valence electrons. The molecule has 0 bridgehead atoms. The smallest absolute Gasteiger partial charge is 0.431 e. The fraction of sp³-hybridized carbons (Fsp3) is 0.700. The van der Waals surface area contributed by atoms with E-state index in [1.807, 2.05) is 0 Å². The second-order valence-corrected chi connectivity index (χ2v) is 4.30. The van der Waals surface area contributed by atoms with Crippen LogP contribution in [0, 0.1) is 0 Å². The van der Waals surface area contributed by atoms with E-state index in [4.69, 9.17) is 4.74 Å². The molecule has 0 fully saturated rings. The van der Waals surface area contributed by atoms with Crippen LogP contribution in [0.1, 0.15) is 27.7 Å². The summed E-state index contributed by atoms with van der Waals surface area (Å²) >= 11 is 0. The second-order valence-electron chi connectivity index (χ2n) is 4.30. The molecule has 0 saturated carbocycles. The van der Waals surface area contributed by atoms with Crippen molar-refractivity contribution < 1.29 is 24.0 Å². The van der Waals surface area contributed by atoms with Crippen molar-refractivity contribution in [1.82, 2.24) is 10.4 Å². The molecule has 0 aliphatic carbocycles. The monoisotopic (exact) mass is 246 g/mol. The molecule has 0 aromatic carbocycles. The Labute approximate surface area is 100.0 Å². The van der Waals surface area contributed by atoms with Crippen LogP contribution in [0.5, 0.6) is 0 Å². The van der Waals surface area contributed by atoms with Gasteiger partial charge in [0.2, 0.25) is 6.41 Å². The fourth-order valence-corrected chi connectivity index (χ4v) is 0.824. The summed E-state index contributed by atoms with van der Waals surface area (Å²) < 4.78 is 5.05. The van der Waals surface area contributed by atoms with Gasteiger partial charge in [-0.25, -0.2) is 9.59 Å². The van der Waals surface area contributed by atoms with Crippen molar-refractivity contribution in [2.45, 2.75) is 39.3 Å². The number of rotatable bonds is 4. The Kier molecular flexibility index (Phi) is 5.43. The maximum atomic E-state index is 11.6. The number of carbonyl (C=O) groups excluding carboxylic acids is 3. The van der Waals surface area contributed by atoms with Crippen molar-refractivity contribution in [3.05, 3.63) is 0 Å². The third kappa shape index (κ3) is 5.74. The molecule has 0 aliphatic rings. The Hall–Kier alpha value is -1.79. The molecule has 0 spiro atoms. The standard InChI is InChI=1S/C10H18N2O5/c1-7(8(14)16-10(2,3)4)12(6-13)17-9(15)11-5/h6-7H,1-5H3,(H,11,15)/t7-/m0/s1. The van der Waals surface area contributed by atoms with Gasteiger partial charge in [0, 0.05) is 7.05 Å². The van der Waals surface area contributed by atoms with Gasteiger partial charge in [-0.2, -0.15) is 5.06 Å². The first kappa shape index (κ1) is 15.2. The van der Waals surface area contributed by atoms with Gasteiger partial charge in [-0.3, -0.25) is 4.79 Å². The Balaban J connectivity index is 4.53. The zero-order valence-electron chi connectivity index (χ0n) is 10.6. The van der Waals surface area contributed by atoms with Crippen LogP contribution >= 0.6 is 0 Å². The van der Waals surface area contributed by atoms with Gasteiger partial charge in [0.1, 0.15) is 5.60 Å². The molecule has 0 aromatic rings. The van der Waals surface area contributed by atoms with E-state index in [1.165, 1.54) is 14.0 Å². The molecule has 0 aliphatic heterocycles. The number of carbonyl (C=O) groups is 3. The highest BCUT2D eigenvalue weighted by Gasteiger charge is 2.28. The molecule has 0 heterocycles. The maximum absolute atomic E-state index is 11.6. The van der Waals surface area contributed by atoms with Crippen molar-refractivity contribution in [3.8, 4) is 0 Å². The molecule has 0 aromatic heterocycles. The Morgan fingerprint density at radius 2 is 1.88 bits per heavy atom. The highest BCUT2D eigenvalue weighted by molar-refractivity contribution is 5.78. The van der Waals surface area contributed by atoms with E-state index in [0.717, 1.165) is 0 Å². The van der Waals surface area contributed by atoms with Gasteiger partial charge in [0.15, 0.2) is 6.04 Å². The minimum Gasteiger partial charge on any atom is -0.458 e. The van der Waals surface area contributed by atoms with Crippen LogP contribution in [0.4, 0.5) is 4.79 Å². The average molecular weight is 246 g/mol. The lowest BCUT2D eigenvalue weighted by Gasteiger charge is -2.26. The van der Waals surface area contributed by atoms with E-state index in [0.29, 0.717) is 5.06 Å². The summed E-state index contributed by atoms with van der Waals surface area (Å²) in [5.74, 6) is -0.659. The summed E-state index contributed by atoms with van der Waals surface area (Å²) in [6, 6.07) is -1.01. The minimum atomic E-state index is -1.01. The molecular weight excluding hydrogens is 228 g/mol. The molecule has 0 saturated heterocycles. The van der Waals surface area contributed by atoms with Crippen LogP contribution in [-0.2, 0) is 19.2 Å². The molecule has 7 heteroatoms. The van der Waals surface area contributed by atoms with Gasteiger partial charge in [-0.05, 0) is 27.7 Å². The van der Waals surface area contributed by atoms with E-state index >= 15 is 0 Å². The number of esters is 1. The molecule has 2 amide bonds. The molecular formula is C10H18N2O5. The zero-order chi connectivity index (χ0) is 13.6. The summed E-state index contributed by atoms with van der Waals surface area (Å²) in [6.45, 7) is 6.48. The first-order valence-electron chi connectivity index (χ1n) is 5.07. The molecule has 0 unspecified atom stereocenters. The van der Waals surface area contributed by atoms with Crippen molar-refractivity contribution in [2.75, 3.05) is 7.05 Å². The lowest BCUT2D eigenvalue weighted by molar-refractivity contribution is -0.183. The van der Waals surface area contributed by atoms with Crippen LogP contribution < -0.4 is 5.32 Å². The number of hydroxylamine groups is 2. The van der Waals surface area contributed by atoms with Crippen LogP contribution in [0.15, 0.2) is 0 Å². The summed E-state index contributed by atoms with van der Waals surface area (Å²) in [7, 11) is 1.34. The third-order valence-electron chi connectivity index (χ3n) is 1.63. The summed E-state index contributed by atoms with van der Waals surface area (Å²) in [6.07, 6.45) is -0.600. The number of hydrogen-bond donors (Lipinski definition) is 1. The highest BCUT2D eigenvalue weighted by Crippen LogP contribution is 2.10. The fourth-order valence-electron chi connectivity index (χ4n) is 0.824. The van der Waals surface area contributed by atoms with E-state index in [2.05, 4.69) is 10.2 Å². The first-order valence-corrected chi connectivity index (χ1v) is 5.07. The lowest BCUT2D eigenvalue weighted by Crippen LogP contribution is -2.44. The van der Waals surface area contributed by atoms with Crippen molar-refractivity contribution in [1.29, 1.82) is 0 Å².